The summed E-state index contributed by atoms with van der Waals surface area (Å²) in [4.78, 5) is 0. The quantitative estimate of drug-likeness (QED) is 0.555. The van der Waals surface area contributed by atoms with Gasteiger partial charge in [-0.3, -0.25) is 0 Å². The van der Waals surface area contributed by atoms with Crippen molar-refractivity contribution in [3.8, 4) is 5.75 Å². The lowest BCUT2D eigenvalue weighted by molar-refractivity contribution is 0.160. The fraction of sp³-hybridized carbons (Fsp3) is 0.667. The van der Waals surface area contributed by atoms with Gasteiger partial charge in [0.25, 0.3) is 0 Å². The van der Waals surface area contributed by atoms with E-state index in [9.17, 15) is 5.11 Å². The second-order valence-corrected chi connectivity index (χ2v) is 6.16. The molecule has 0 aliphatic carbocycles. The topological polar surface area (TPSA) is 29.5 Å². The van der Waals surface area contributed by atoms with Gasteiger partial charge in [-0.15, -0.1) is 0 Å². The zero-order chi connectivity index (χ0) is 15.5. The van der Waals surface area contributed by atoms with Crippen LogP contribution in [0.1, 0.15) is 63.9 Å². The van der Waals surface area contributed by atoms with Crippen LogP contribution in [-0.4, -0.2) is 18.3 Å². The number of halogens is 1. The van der Waals surface area contributed by atoms with Crippen LogP contribution in [0, 0.1) is 0 Å². The first-order valence-electron chi connectivity index (χ1n) is 8.17. The highest BCUT2D eigenvalue weighted by Gasteiger charge is 2.10. The average molecular weight is 313 g/mol. The van der Waals surface area contributed by atoms with Crippen molar-refractivity contribution in [1.82, 2.24) is 0 Å². The highest BCUT2D eigenvalue weighted by Crippen LogP contribution is 2.24. The Hall–Kier alpha value is -0.730. The Morgan fingerprint density at radius 3 is 2.43 bits per heavy atom. The normalized spacial score (nSPS) is 12.4. The molecule has 21 heavy (non-hydrogen) atoms. The van der Waals surface area contributed by atoms with E-state index in [4.69, 9.17) is 16.3 Å². The van der Waals surface area contributed by atoms with E-state index < -0.39 is 0 Å². The lowest BCUT2D eigenvalue weighted by Gasteiger charge is -2.13. The lowest BCUT2D eigenvalue weighted by atomic mass is 10.0. The summed E-state index contributed by atoms with van der Waals surface area (Å²) in [6, 6.07) is 5.55. The molecule has 0 aromatic heterocycles. The summed E-state index contributed by atoms with van der Waals surface area (Å²) in [7, 11) is 1.65. The van der Waals surface area contributed by atoms with Crippen molar-refractivity contribution in [3.05, 3.63) is 28.8 Å². The van der Waals surface area contributed by atoms with E-state index in [0.29, 0.717) is 11.4 Å². The fourth-order valence-electron chi connectivity index (χ4n) is 2.60. The summed E-state index contributed by atoms with van der Waals surface area (Å²) in [5.41, 5.74) is 0.987. The summed E-state index contributed by atoms with van der Waals surface area (Å²) >= 11 is 6.01. The van der Waals surface area contributed by atoms with Crippen molar-refractivity contribution in [2.24, 2.45) is 0 Å². The Morgan fingerprint density at radius 2 is 1.76 bits per heavy atom. The molecule has 0 saturated carbocycles. The van der Waals surface area contributed by atoms with E-state index >= 15 is 0 Å². The highest BCUT2D eigenvalue weighted by molar-refractivity contribution is 6.30. The molecule has 1 rings (SSSR count). The highest BCUT2D eigenvalue weighted by atomic mass is 35.5. The minimum absolute atomic E-state index is 0.312. The number of methoxy groups -OCH3 is 1. The number of hydrogen-bond acceptors (Lipinski definition) is 2. The maximum absolute atomic E-state index is 10.2. The molecular weight excluding hydrogens is 284 g/mol. The second-order valence-electron chi connectivity index (χ2n) is 5.72. The van der Waals surface area contributed by atoms with Crippen molar-refractivity contribution in [1.29, 1.82) is 0 Å². The van der Waals surface area contributed by atoms with Crippen molar-refractivity contribution in [2.45, 2.75) is 70.8 Å². The molecule has 0 heterocycles. The number of ether oxygens (including phenoxy) is 1. The molecule has 0 aliphatic heterocycles. The van der Waals surface area contributed by atoms with E-state index in [1.54, 1.807) is 7.11 Å². The SMILES string of the molecule is CCCCCCCCCC(O)Cc1cc(Cl)ccc1OC. The summed E-state index contributed by atoms with van der Waals surface area (Å²) in [5.74, 6) is 0.804. The van der Waals surface area contributed by atoms with E-state index in [1.807, 2.05) is 18.2 Å². The third kappa shape index (κ3) is 7.73. The van der Waals surface area contributed by atoms with Gasteiger partial charge >= 0.3 is 0 Å². The summed E-state index contributed by atoms with van der Waals surface area (Å²) in [6.07, 6.45) is 10.1. The molecule has 2 nitrogen and oxygen atoms in total. The summed E-state index contributed by atoms with van der Waals surface area (Å²) in [6.45, 7) is 2.24. The predicted octanol–water partition coefficient (Wildman–Crippen LogP) is 5.39. The summed E-state index contributed by atoms with van der Waals surface area (Å²) in [5, 5.41) is 10.8. The van der Waals surface area contributed by atoms with Crippen LogP contribution in [0.3, 0.4) is 0 Å². The van der Waals surface area contributed by atoms with E-state index in [2.05, 4.69) is 6.92 Å². The van der Waals surface area contributed by atoms with Crippen LogP contribution in [0.2, 0.25) is 5.02 Å². The van der Waals surface area contributed by atoms with Crippen LogP contribution in [0.4, 0.5) is 0 Å². The minimum Gasteiger partial charge on any atom is -0.496 e. The van der Waals surface area contributed by atoms with E-state index in [1.165, 1.54) is 38.5 Å². The minimum atomic E-state index is -0.312. The summed E-state index contributed by atoms with van der Waals surface area (Å²) < 4.78 is 5.31. The van der Waals surface area contributed by atoms with Gasteiger partial charge in [-0.25, -0.2) is 0 Å². The molecule has 3 heteroatoms. The van der Waals surface area contributed by atoms with Gasteiger partial charge < -0.3 is 9.84 Å². The Kier molecular flexibility index (Phi) is 9.53. The predicted molar refractivity (Wildman–Crippen MR) is 90.3 cm³/mol. The van der Waals surface area contributed by atoms with Crippen LogP contribution in [0.15, 0.2) is 18.2 Å². The van der Waals surface area contributed by atoms with Crippen molar-refractivity contribution in [2.75, 3.05) is 7.11 Å². The average Bonchev–Trinajstić information content (AvgIpc) is 2.46. The molecule has 120 valence electrons. The van der Waals surface area contributed by atoms with Crippen LogP contribution >= 0.6 is 11.6 Å². The van der Waals surface area contributed by atoms with Crippen molar-refractivity contribution < 1.29 is 9.84 Å². The van der Waals surface area contributed by atoms with Gasteiger partial charge in [0.1, 0.15) is 5.75 Å². The smallest absolute Gasteiger partial charge is 0.122 e. The molecule has 1 aromatic rings. The molecule has 0 radical (unpaired) electrons. The van der Waals surface area contributed by atoms with Crippen molar-refractivity contribution >= 4 is 11.6 Å². The first kappa shape index (κ1) is 18.3. The first-order chi connectivity index (χ1) is 10.2. The van der Waals surface area contributed by atoms with Gasteiger partial charge in [0.15, 0.2) is 0 Å². The molecule has 1 N–H and O–H groups in total. The van der Waals surface area contributed by atoms with Gasteiger partial charge in [-0.05, 0) is 30.2 Å². The van der Waals surface area contributed by atoms with Gasteiger partial charge in [0.2, 0.25) is 0 Å². The van der Waals surface area contributed by atoms with Gasteiger partial charge in [0.05, 0.1) is 13.2 Å². The van der Waals surface area contributed by atoms with Gasteiger partial charge in [0, 0.05) is 11.4 Å². The monoisotopic (exact) mass is 312 g/mol. The molecule has 0 bridgehead atoms. The van der Waals surface area contributed by atoms with Crippen molar-refractivity contribution in [3.63, 3.8) is 0 Å². The number of benzene rings is 1. The molecular formula is C18H29ClO2. The molecule has 1 aromatic carbocycles. The molecule has 1 atom stereocenters. The van der Waals surface area contributed by atoms with Crippen LogP contribution in [0.25, 0.3) is 0 Å². The Labute approximate surface area is 134 Å². The number of aliphatic hydroxyl groups is 1. The van der Waals surface area contributed by atoms with E-state index in [0.717, 1.165) is 24.2 Å². The third-order valence-corrected chi connectivity index (χ3v) is 4.07. The Balaban J connectivity index is 2.24. The second kappa shape index (κ2) is 10.9. The lowest BCUT2D eigenvalue weighted by Crippen LogP contribution is -2.11. The zero-order valence-corrected chi connectivity index (χ0v) is 14.2. The van der Waals surface area contributed by atoms with Gasteiger partial charge in [-0.2, -0.15) is 0 Å². The molecule has 0 amide bonds. The standard InChI is InChI=1S/C18H29ClO2/c1-3-4-5-6-7-8-9-10-17(20)14-15-13-16(19)11-12-18(15)21-2/h11-13,17,20H,3-10,14H2,1-2H3. The molecule has 0 aliphatic rings. The zero-order valence-electron chi connectivity index (χ0n) is 13.4. The Bertz CT molecular complexity index is 393. The molecule has 1 unspecified atom stereocenters. The molecule has 0 saturated heterocycles. The number of rotatable bonds is 11. The first-order valence-corrected chi connectivity index (χ1v) is 8.55. The third-order valence-electron chi connectivity index (χ3n) is 3.84. The maximum Gasteiger partial charge on any atom is 0.122 e. The number of aliphatic hydroxyl groups excluding tert-OH is 1. The maximum atomic E-state index is 10.2. The number of hydrogen-bond donors (Lipinski definition) is 1. The molecule has 0 spiro atoms. The largest absolute Gasteiger partial charge is 0.496 e. The van der Waals surface area contributed by atoms with Gasteiger partial charge in [-0.1, -0.05) is 63.5 Å². The number of unbranched alkanes of at least 4 members (excludes halogenated alkanes) is 6. The van der Waals surface area contributed by atoms with Crippen LogP contribution < -0.4 is 4.74 Å². The molecule has 0 fully saturated rings. The van der Waals surface area contributed by atoms with E-state index in [-0.39, 0.29) is 6.10 Å². The fourth-order valence-corrected chi connectivity index (χ4v) is 2.79. The van der Waals surface area contributed by atoms with Crippen LogP contribution in [-0.2, 0) is 6.42 Å². The van der Waals surface area contributed by atoms with Crippen LogP contribution in [0.5, 0.6) is 5.75 Å². The Morgan fingerprint density at radius 1 is 1.10 bits per heavy atom.